The zero-order valence-electron chi connectivity index (χ0n) is 17.2. The van der Waals surface area contributed by atoms with Crippen LogP contribution in [0.1, 0.15) is 34.5 Å². The zero-order chi connectivity index (χ0) is 20.7. The summed E-state index contributed by atoms with van der Waals surface area (Å²) >= 11 is 0. The average molecular weight is 402 g/mol. The van der Waals surface area contributed by atoms with Gasteiger partial charge in [-0.2, -0.15) is 5.10 Å². The van der Waals surface area contributed by atoms with Gasteiger partial charge in [0.05, 0.1) is 5.39 Å². The Morgan fingerprint density at radius 1 is 1.07 bits per heavy atom. The fourth-order valence-corrected chi connectivity index (χ4v) is 5.04. The lowest BCUT2D eigenvalue weighted by atomic mass is 10.0. The molecule has 0 saturated carbocycles. The molecule has 3 aromatic rings. The molecule has 0 spiro atoms. The smallest absolute Gasteiger partial charge is 0.274 e. The van der Waals surface area contributed by atoms with E-state index in [2.05, 4.69) is 39.4 Å². The number of likely N-dealkylation sites (tertiary alicyclic amines) is 1. The Labute approximate surface area is 175 Å². The maximum absolute atomic E-state index is 13.3. The Hall–Kier alpha value is -2.99. The van der Waals surface area contributed by atoms with Crippen LogP contribution in [-0.4, -0.2) is 58.1 Å². The van der Waals surface area contributed by atoms with Gasteiger partial charge in [-0.15, -0.1) is 0 Å². The van der Waals surface area contributed by atoms with Gasteiger partial charge in [0.1, 0.15) is 0 Å². The molecule has 2 aliphatic rings. The van der Waals surface area contributed by atoms with Gasteiger partial charge in [0.25, 0.3) is 11.5 Å². The van der Waals surface area contributed by atoms with Crippen LogP contribution in [0, 0.1) is 0 Å². The van der Waals surface area contributed by atoms with Crippen LogP contribution in [0.15, 0.2) is 53.3 Å². The first-order valence-corrected chi connectivity index (χ1v) is 10.7. The Morgan fingerprint density at radius 3 is 2.47 bits per heavy atom. The zero-order valence-corrected chi connectivity index (χ0v) is 17.2. The highest BCUT2D eigenvalue weighted by Gasteiger charge is 2.33. The van der Waals surface area contributed by atoms with Gasteiger partial charge in [-0.05, 0) is 49.4 Å². The second-order valence-corrected chi connectivity index (χ2v) is 8.48. The monoisotopic (exact) mass is 402 g/mol. The van der Waals surface area contributed by atoms with E-state index in [4.69, 9.17) is 0 Å². The molecule has 1 fully saturated rings. The number of H-pyrrole nitrogens is 1. The molecule has 1 aliphatic carbocycles. The van der Waals surface area contributed by atoms with Crippen LogP contribution in [0.25, 0.3) is 10.8 Å². The molecule has 1 unspecified atom stereocenters. The number of nitrogens with one attached hydrogen (secondary N) is 1. The number of amides is 1. The number of aromatic nitrogens is 2. The molecular weight excluding hydrogens is 376 g/mol. The second kappa shape index (κ2) is 7.69. The van der Waals surface area contributed by atoms with E-state index in [1.165, 1.54) is 11.1 Å². The number of hydrogen-bond donors (Lipinski definition) is 1. The Bertz CT molecular complexity index is 1130. The van der Waals surface area contributed by atoms with Crippen LogP contribution < -0.4 is 5.56 Å². The van der Waals surface area contributed by atoms with Crippen molar-refractivity contribution in [2.24, 2.45) is 0 Å². The van der Waals surface area contributed by atoms with Gasteiger partial charge in [0.2, 0.25) is 0 Å². The van der Waals surface area contributed by atoms with E-state index in [-0.39, 0.29) is 17.5 Å². The van der Waals surface area contributed by atoms with Crippen molar-refractivity contribution in [3.8, 4) is 0 Å². The van der Waals surface area contributed by atoms with E-state index >= 15 is 0 Å². The number of likely N-dealkylation sites (N-methyl/N-ethyl adjacent to an activating group) is 1. The molecule has 6 nitrogen and oxygen atoms in total. The first-order chi connectivity index (χ1) is 14.6. The van der Waals surface area contributed by atoms with E-state index in [0.717, 1.165) is 38.8 Å². The van der Waals surface area contributed by atoms with Crippen molar-refractivity contribution >= 4 is 16.7 Å². The van der Waals surface area contributed by atoms with Crippen molar-refractivity contribution in [3.63, 3.8) is 0 Å². The summed E-state index contributed by atoms with van der Waals surface area (Å²) in [4.78, 5) is 29.7. The van der Waals surface area contributed by atoms with Gasteiger partial charge in [-0.1, -0.05) is 42.5 Å². The van der Waals surface area contributed by atoms with Crippen LogP contribution in [0.2, 0.25) is 0 Å². The van der Waals surface area contributed by atoms with Crippen LogP contribution in [0.3, 0.4) is 0 Å². The number of hydrogen-bond acceptors (Lipinski definition) is 4. The minimum Gasteiger partial charge on any atom is -0.336 e. The Morgan fingerprint density at radius 2 is 1.73 bits per heavy atom. The van der Waals surface area contributed by atoms with E-state index in [1.807, 2.05) is 18.0 Å². The van der Waals surface area contributed by atoms with Crippen LogP contribution in [0.5, 0.6) is 0 Å². The third kappa shape index (κ3) is 3.31. The summed E-state index contributed by atoms with van der Waals surface area (Å²) in [5, 5.41) is 7.69. The minimum absolute atomic E-state index is 0.135. The average Bonchev–Trinajstić information content (AvgIpc) is 3.23. The number of piperidine rings is 1. The molecule has 6 heteroatoms. The van der Waals surface area contributed by atoms with Crippen molar-refractivity contribution in [1.82, 2.24) is 20.0 Å². The first kappa shape index (κ1) is 19.0. The molecule has 2 aromatic carbocycles. The molecular formula is C24H26N4O2. The molecule has 154 valence electrons. The van der Waals surface area contributed by atoms with Crippen molar-refractivity contribution in [1.29, 1.82) is 0 Å². The van der Waals surface area contributed by atoms with Gasteiger partial charge < -0.3 is 4.90 Å². The second-order valence-electron chi connectivity index (χ2n) is 8.48. The third-order valence-corrected chi connectivity index (χ3v) is 6.74. The lowest BCUT2D eigenvalue weighted by molar-refractivity contribution is 0.0551. The maximum Gasteiger partial charge on any atom is 0.274 e. The minimum atomic E-state index is -0.269. The molecule has 2 heterocycles. The number of benzene rings is 2. The molecule has 0 radical (unpaired) electrons. The molecule has 5 rings (SSSR count). The summed E-state index contributed by atoms with van der Waals surface area (Å²) in [6.45, 7) is 1.96. The van der Waals surface area contributed by atoms with Crippen LogP contribution >= 0.6 is 0 Å². The number of carbonyl (C=O) groups is 1. The van der Waals surface area contributed by atoms with Crippen molar-refractivity contribution in [3.05, 3.63) is 75.7 Å². The summed E-state index contributed by atoms with van der Waals surface area (Å²) < 4.78 is 0. The number of nitrogens with zero attached hydrogens (tertiary/aromatic N) is 3. The fraction of sp³-hybridized carbons (Fsp3) is 0.375. The standard InChI is InChI=1S/C24H26N4O2/c1-27(24(30)22-20-10-4-5-11-21(20)23(29)26-25-22)18-9-6-12-28(15-18)19-13-16-7-2-3-8-17(16)14-19/h2-5,7-8,10-11,18-19H,6,9,12-15H2,1H3,(H,26,29). The van der Waals surface area contributed by atoms with Gasteiger partial charge in [-0.25, -0.2) is 5.10 Å². The highest BCUT2D eigenvalue weighted by Crippen LogP contribution is 2.28. The summed E-state index contributed by atoms with van der Waals surface area (Å²) in [5.41, 5.74) is 2.96. The molecule has 0 bridgehead atoms. The van der Waals surface area contributed by atoms with Crippen molar-refractivity contribution < 1.29 is 4.79 Å². The predicted octanol–water partition coefficient (Wildman–Crippen LogP) is 2.63. The first-order valence-electron chi connectivity index (χ1n) is 10.7. The van der Waals surface area contributed by atoms with E-state index in [9.17, 15) is 9.59 Å². The third-order valence-electron chi connectivity index (χ3n) is 6.74. The molecule has 1 aliphatic heterocycles. The summed E-state index contributed by atoms with van der Waals surface area (Å²) in [6, 6.07) is 16.5. The predicted molar refractivity (Wildman–Crippen MR) is 117 cm³/mol. The summed E-state index contributed by atoms with van der Waals surface area (Å²) in [6.07, 6.45) is 4.24. The highest BCUT2D eigenvalue weighted by molar-refractivity contribution is 6.04. The normalized spacial score (nSPS) is 19.7. The van der Waals surface area contributed by atoms with E-state index in [1.54, 1.807) is 18.2 Å². The number of rotatable bonds is 3. The van der Waals surface area contributed by atoms with Crippen molar-refractivity contribution in [2.45, 2.75) is 37.8 Å². The van der Waals surface area contributed by atoms with Gasteiger partial charge in [0.15, 0.2) is 5.69 Å². The summed E-state index contributed by atoms with van der Waals surface area (Å²) in [7, 11) is 1.86. The molecule has 1 amide bonds. The lowest BCUT2D eigenvalue weighted by Crippen LogP contribution is -2.52. The van der Waals surface area contributed by atoms with Gasteiger partial charge in [0, 0.05) is 31.1 Å². The highest BCUT2D eigenvalue weighted by atomic mass is 16.2. The van der Waals surface area contributed by atoms with Crippen LogP contribution in [-0.2, 0) is 12.8 Å². The molecule has 1 N–H and O–H groups in total. The molecule has 1 aromatic heterocycles. The topological polar surface area (TPSA) is 69.3 Å². The number of aromatic amines is 1. The maximum atomic E-state index is 13.3. The van der Waals surface area contributed by atoms with Gasteiger partial charge in [-0.3, -0.25) is 14.5 Å². The van der Waals surface area contributed by atoms with Gasteiger partial charge >= 0.3 is 0 Å². The fourth-order valence-electron chi connectivity index (χ4n) is 5.04. The van der Waals surface area contributed by atoms with Crippen LogP contribution in [0.4, 0.5) is 0 Å². The molecule has 1 saturated heterocycles. The van der Waals surface area contributed by atoms with E-state index in [0.29, 0.717) is 22.5 Å². The molecule has 1 atom stereocenters. The van der Waals surface area contributed by atoms with Crippen molar-refractivity contribution in [2.75, 3.05) is 20.1 Å². The van der Waals surface area contributed by atoms with E-state index < -0.39 is 0 Å². The number of fused-ring (bicyclic) bond motifs is 2. The number of carbonyl (C=O) groups excluding carboxylic acids is 1. The SMILES string of the molecule is CN(C(=O)c1n[nH]c(=O)c2ccccc12)C1CCCN(C2Cc3ccccc3C2)C1. The Balaban J connectivity index is 1.34. The largest absolute Gasteiger partial charge is 0.336 e. The lowest BCUT2D eigenvalue weighted by Gasteiger charge is -2.40. The Kier molecular flexibility index (Phi) is 4.87. The summed E-state index contributed by atoms with van der Waals surface area (Å²) in [5.74, 6) is -0.135. The quantitative estimate of drug-likeness (QED) is 0.731. The molecule has 30 heavy (non-hydrogen) atoms.